The number of hydrogen-bond acceptors (Lipinski definition) is 2. The number of allylic oxidation sites excluding steroid dienone is 6. The predicted molar refractivity (Wildman–Crippen MR) is 87.3 cm³/mol. The monoisotopic (exact) mass is 309 g/mol. The van der Waals surface area contributed by atoms with Gasteiger partial charge in [-0.05, 0) is 31.4 Å². The zero-order valence-electron chi connectivity index (χ0n) is 13.6. The lowest BCUT2D eigenvalue weighted by atomic mass is 9.58. The highest BCUT2D eigenvalue weighted by molar-refractivity contribution is 5.62. The molecule has 0 bridgehead atoms. The summed E-state index contributed by atoms with van der Waals surface area (Å²) in [5.74, 6) is 0. The molecule has 1 fully saturated rings. The van der Waals surface area contributed by atoms with E-state index in [2.05, 4.69) is 39.2 Å². The minimum atomic E-state index is -0.561. The number of aromatic nitrogens is 3. The Morgan fingerprint density at radius 2 is 1.39 bits per heavy atom. The molecule has 0 aromatic carbocycles. The van der Waals surface area contributed by atoms with Crippen molar-refractivity contribution in [3.8, 4) is 0 Å². The minimum Gasteiger partial charge on any atom is -0.246 e. The summed E-state index contributed by atoms with van der Waals surface area (Å²) in [6, 6.07) is 0. The summed E-state index contributed by atoms with van der Waals surface area (Å²) >= 11 is 0. The minimum absolute atomic E-state index is 0.247. The molecule has 2 heterocycles. The van der Waals surface area contributed by atoms with Crippen molar-refractivity contribution in [2.75, 3.05) is 0 Å². The molecule has 1 aromatic rings. The van der Waals surface area contributed by atoms with Gasteiger partial charge in [-0.1, -0.05) is 37.5 Å². The summed E-state index contributed by atoms with van der Waals surface area (Å²) in [7, 11) is 1.54. The Balaban J connectivity index is 2.05. The second kappa shape index (κ2) is 3.03. The Bertz CT molecular complexity index is 956. The first-order valence-electron chi connectivity index (χ1n) is 7.88. The Morgan fingerprint density at radius 3 is 1.83 bits per heavy atom. The molecule has 5 heteroatoms. The Labute approximate surface area is 133 Å². The lowest BCUT2D eigenvalue weighted by Gasteiger charge is -2.45. The van der Waals surface area contributed by atoms with Gasteiger partial charge in [0.05, 0.1) is 11.1 Å². The topological polar surface area (TPSA) is 48.9 Å². The Hall–Kier alpha value is -2.30. The first-order valence-corrected chi connectivity index (χ1v) is 7.88. The van der Waals surface area contributed by atoms with Gasteiger partial charge in [0.1, 0.15) is 0 Å². The van der Waals surface area contributed by atoms with Gasteiger partial charge in [0.15, 0.2) is 0 Å². The van der Waals surface area contributed by atoms with Crippen LogP contribution >= 0.6 is 0 Å². The highest BCUT2D eigenvalue weighted by Gasteiger charge is 2.88. The van der Waals surface area contributed by atoms with Crippen LogP contribution in [-0.4, -0.2) is 13.9 Å². The fraction of sp³-hybridized carbons (Fsp3) is 0.444. The average molecular weight is 309 g/mol. The van der Waals surface area contributed by atoms with Crippen LogP contribution in [0.2, 0.25) is 0 Å². The SMILES string of the molecule is C=C1C=C[C@@]2(C)n3c(=O)n(C)c(=O)n3[C@@]3(C)C=CC(=C)C14CC423. The molecular weight excluding hydrogens is 290 g/mol. The van der Waals surface area contributed by atoms with E-state index in [4.69, 9.17) is 0 Å². The van der Waals surface area contributed by atoms with Crippen LogP contribution in [0.1, 0.15) is 20.3 Å². The summed E-state index contributed by atoms with van der Waals surface area (Å²) in [6.45, 7) is 12.7. The molecule has 3 aliphatic carbocycles. The molecule has 4 aliphatic rings. The molecular formula is C18H19N3O2. The van der Waals surface area contributed by atoms with Crippen molar-refractivity contribution >= 4 is 0 Å². The maximum Gasteiger partial charge on any atom is 0.347 e. The summed E-state index contributed by atoms with van der Waals surface area (Å²) in [4.78, 5) is 25.6. The molecule has 1 saturated carbocycles. The number of rotatable bonds is 0. The lowest BCUT2D eigenvalue weighted by molar-refractivity contribution is 0.150. The van der Waals surface area contributed by atoms with E-state index >= 15 is 0 Å². The van der Waals surface area contributed by atoms with E-state index in [1.165, 1.54) is 4.57 Å². The van der Waals surface area contributed by atoms with Crippen molar-refractivity contribution in [1.29, 1.82) is 0 Å². The van der Waals surface area contributed by atoms with Gasteiger partial charge in [0.25, 0.3) is 0 Å². The largest absolute Gasteiger partial charge is 0.347 e. The molecule has 5 nitrogen and oxygen atoms in total. The molecule has 0 saturated heterocycles. The third-order valence-electron chi connectivity index (χ3n) is 7.19. The normalized spacial score (nSPS) is 45.0. The third-order valence-corrected chi connectivity index (χ3v) is 7.19. The molecule has 0 N–H and O–H groups in total. The van der Waals surface area contributed by atoms with E-state index in [1.54, 1.807) is 16.4 Å². The molecule has 2 unspecified atom stereocenters. The molecule has 1 aromatic heterocycles. The average Bonchev–Trinajstić information content (AvgIpc) is 3.18. The molecule has 0 amide bonds. The maximum absolute atomic E-state index is 12.8. The molecule has 4 atom stereocenters. The van der Waals surface area contributed by atoms with E-state index < -0.39 is 11.1 Å². The third kappa shape index (κ3) is 0.860. The zero-order valence-corrected chi connectivity index (χ0v) is 13.6. The summed E-state index contributed by atoms with van der Waals surface area (Å²) in [6.07, 6.45) is 8.98. The molecule has 23 heavy (non-hydrogen) atoms. The summed E-state index contributed by atoms with van der Waals surface area (Å²) in [5.41, 5.74) is -0.112. The van der Waals surface area contributed by atoms with E-state index in [1.807, 2.05) is 12.2 Å². The quantitative estimate of drug-likeness (QED) is 0.728. The van der Waals surface area contributed by atoms with Gasteiger partial charge in [-0.2, -0.15) is 0 Å². The van der Waals surface area contributed by atoms with Crippen molar-refractivity contribution in [3.05, 3.63) is 69.6 Å². The number of hydrogen-bond donors (Lipinski definition) is 0. The van der Waals surface area contributed by atoms with Crippen LogP contribution in [0.3, 0.4) is 0 Å². The fourth-order valence-corrected chi connectivity index (χ4v) is 6.02. The van der Waals surface area contributed by atoms with Gasteiger partial charge in [-0.15, -0.1) is 0 Å². The lowest BCUT2D eigenvalue weighted by Crippen LogP contribution is -2.52. The zero-order chi connectivity index (χ0) is 16.6. The molecule has 1 aliphatic heterocycles. The van der Waals surface area contributed by atoms with E-state index in [9.17, 15) is 9.59 Å². The van der Waals surface area contributed by atoms with Gasteiger partial charge < -0.3 is 0 Å². The smallest absolute Gasteiger partial charge is 0.246 e. The van der Waals surface area contributed by atoms with Gasteiger partial charge in [-0.3, -0.25) is 0 Å². The van der Waals surface area contributed by atoms with E-state index in [0.717, 1.165) is 17.6 Å². The van der Waals surface area contributed by atoms with Crippen molar-refractivity contribution in [1.82, 2.24) is 13.9 Å². The van der Waals surface area contributed by atoms with Crippen LogP contribution < -0.4 is 11.4 Å². The summed E-state index contributed by atoms with van der Waals surface area (Å²) in [5, 5.41) is 0. The highest BCUT2D eigenvalue weighted by atomic mass is 16.2. The molecule has 1 spiro atoms. The van der Waals surface area contributed by atoms with Crippen LogP contribution in [-0.2, 0) is 18.1 Å². The van der Waals surface area contributed by atoms with Gasteiger partial charge in [0.2, 0.25) is 0 Å². The number of fused-ring (bicyclic) bond motifs is 3. The van der Waals surface area contributed by atoms with Crippen LogP contribution in [0.25, 0.3) is 0 Å². The Morgan fingerprint density at radius 1 is 0.957 bits per heavy atom. The van der Waals surface area contributed by atoms with Crippen LogP contribution in [0.5, 0.6) is 0 Å². The Kier molecular flexibility index (Phi) is 1.73. The number of nitrogens with zero attached hydrogens (tertiary/aromatic N) is 3. The van der Waals surface area contributed by atoms with Gasteiger partial charge >= 0.3 is 11.4 Å². The van der Waals surface area contributed by atoms with Crippen molar-refractivity contribution in [3.63, 3.8) is 0 Å². The first-order chi connectivity index (χ1) is 10.7. The highest BCUT2D eigenvalue weighted by Crippen LogP contribution is 2.87. The van der Waals surface area contributed by atoms with E-state index in [-0.39, 0.29) is 22.2 Å². The standard InChI is InChI=1S/C18H19N3O2/c1-11-6-8-15(3)18-10-17(11,18)12(2)7-9-16(18,4)21-14(23)19(5)13(22)20(15)21/h6-9H,1-2,10H2,3-5H3/t15-,16+,17?,18?. The fourth-order valence-electron chi connectivity index (χ4n) is 6.02. The van der Waals surface area contributed by atoms with E-state index in [0.29, 0.717) is 0 Å². The van der Waals surface area contributed by atoms with Crippen LogP contribution in [0.15, 0.2) is 58.2 Å². The van der Waals surface area contributed by atoms with Gasteiger partial charge in [0, 0.05) is 17.9 Å². The summed E-state index contributed by atoms with van der Waals surface area (Å²) < 4.78 is 4.51. The predicted octanol–water partition coefficient (Wildman–Crippen LogP) is 1.42. The second-order valence-electron chi connectivity index (χ2n) is 7.75. The van der Waals surface area contributed by atoms with Crippen LogP contribution in [0.4, 0.5) is 0 Å². The maximum atomic E-state index is 12.8. The van der Waals surface area contributed by atoms with Crippen LogP contribution in [0, 0.1) is 10.8 Å². The van der Waals surface area contributed by atoms with Gasteiger partial charge in [-0.25, -0.2) is 23.5 Å². The van der Waals surface area contributed by atoms with Crippen molar-refractivity contribution in [2.45, 2.75) is 31.3 Å². The second-order valence-corrected chi connectivity index (χ2v) is 7.75. The van der Waals surface area contributed by atoms with Crippen molar-refractivity contribution < 1.29 is 0 Å². The molecule has 0 radical (unpaired) electrons. The molecule has 5 rings (SSSR count). The first kappa shape index (κ1) is 13.2. The molecule has 118 valence electrons. The van der Waals surface area contributed by atoms with Crippen molar-refractivity contribution in [2.24, 2.45) is 17.9 Å².